The number of aromatic nitrogens is 1. The van der Waals surface area contributed by atoms with Crippen molar-refractivity contribution in [2.75, 3.05) is 18.8 Å². The molecule has 0 radical (unpaired) electrons. The van der Waals surface area contributed by atoms with E-state index in [1.54, 1.807) is 12.3 Å². The zero-order chi connectivity index (χ0) is 15.8. The number of alkyl halides is 3. The van der Waals surface area contributed by atoms with Crippen LogP contribution in [0.1, 0.15) is 22.2 Å². The quantitative estimate of drug-likeness (QED) is 0.945. The van der Waals surface area contributed by atoms with Crippen molar-refractivity contribution in [3.8, 4) is 0 Å². The maximum absolute atomic E-state index is 12.5. The minimum atomic E-state index is -4.44. The molecule has 2 N–H and O–H groups in total. The molecule has 0 saturated heterocycles. The fraction of sp³-hybridized carbons (Fsp3) is 0.385. The van der Waals surface area contributed by atoms with Crippen molar-refractivity contribution >= 4 is 33.1 Å². The molecule has 0 unspecified atom stereocenters. The van der Waals surface area contributed by atoms with Gasteiger partial charge < -0.3 is 10.6 Å². The molecule has 0 aromatic carbocycles. The largest absolute Gasteiger partial charge is 0.406 e. The van der Waals surface area contributed by atoms with E-state index in [0.29, 0.717) is 10.2 Å². The van der Waals surface area contributed by atoms with Crippen molar-refractivity contribution in [2.24, 2.45) is 0 Å². The van der Waals surface area contributed by atoms with E-state index in [4.69, 9.17) is 5.73 Å². The van der Waals surface area contributed by atoms with Gasteiger partial charge in [-0.1, -0.05) is 0 Å². The number of hydrogen-bond acceptors (Lipinski definition) is 4. The van der Waals surface area contributed by atoms with Crippen LogP contribution in [0.2, 0.25) is 0 Å². The molecule has 2 aromatic heterocycles. The van der Waals surface area contributed by atoms with Gasteiger partial charge in [-0.3, -0.25) is 4.79 Å². The van der Waals surface area contributed by atoms with Crippen LogP contribution >= 0.6 is 11.3 Å². The average molecular weight is 317 g/mol. The van der Waals surface area contributed by atoms with Gasteiger partial charge in [0.25, 0.3) is 5.91 Å². The van der Waals surface area contributed by atoms with E-state index in [-0.39, 0.29) is 17.1 Å². The third kappa shape index (κ3) is 3.10. The van der Waals surface area contributed by atoms with E-state index < -0.39 is 18.6 Å². The molecule has 8 heteroatoms. The van der Waals surface area contributed by atoms with E-state index >= 15 is 0 Å². The molecule has 4 nitrogen and oxygen atoms in total. The summed E-state index contributed by atoms with van der Waals surface area (Å²) in [5.74, 6) is -0.713. The first-order chi connectivity index (χ1) is 9.74. The maximum atomic E-state index is 12.5. The molecular formula is C13H14F3N3OS. The molecule has 0 aliphatic carbocycles. The summed E-state index contributed by atoms with van der Waals surface area (Å²) in [6, 6.07) is 1.74. The van der Waals surface area contributed by atoms with Crippen molar-refractivity contribution in [1.29, 1.82) is 0 Å². The zero-order valence-corrected chi connectivity index (χ0v) is 12.3. The summed E-state index contributed by atoms with van der Waals surface area (Å²) in [4.78, 5) is 17.8. The van der Waals surface area contributed by atoms with Gasteiger partial charge in [-0.2, -0.15) is 13.2 Å². The van der Waals surface area contributed by atoms with E-state index in [0.717, 1.165) is 21.8 Å². The third-order valence-electron chi connectivity index (χ3n) is 3.07. The van der Waals surface area contributed by atoms with Gasteiger partial charge in [0, 0.05) is 18.1 Å². The smallest absolute Gasteiger partial charge is 0.397 e. The lowest BCUT2D eigenvalue weighted by Crippen LogP contribution is -2.38. The summed E-state index contributed by atoms with van der Waals surface area (Å²) >= 11 is 1.02. The van der Waals surface area contributed by atoms with Gasteiger partial charge in [0.2, 0.25) is 0 Å². The highest BCUT2D eigenvalue weighted by Crippen LogP contribution is 2.35. The zero-order valence-electron chi connectivity index (χ0n) is 11.5. The predicted molar refractivity (Wildman–Crippen MR) is 76.4 cm³/mol. The lowest BCUT2D eigenvalue weighted by molar-refractivity contribution is -0.140. The molecule has 0 aliphatic rings. The van der Waals surface area contributed by atoms with Gasteiger partial charge in [-0.15, -0.1) is 11.3 Å². The van der Waals surface area contributed by atoms with Gasteiger partial charge in [0.1, 0.15) is 16.3 Å². The number of anilines is 1. The Morgan fingerprint density at radius 1 is 1.48 bits per heavy atom. The third-order valence-corrected chi connectivity index (χ3v) is 4.17. The number of carbonyl (C=O) groups is 1. The number of nitrogen functional groups attached to an aromatic ring is 1. The van der Waals surface area contributed by atoms with Gasteiger partial charge >= 0.3 is 6.18 Å². The number of halogens is 3. The number of amides is 1. The number of hydrogen-bond donors (Lipinski definition) is 1. The Morgan fingerprint density at radius 2 is 2.14 bits per heavy atom. The van der Waals surface area contributed by atoms with Crippen LogP contribution in [0.5, 0.6) is 0 Å². The standard InChI is InChI=1S/C13H14F3N3OS/c1-3-19(6-13(14,15)16)12(20)10-9(17)8-7(2)4-5-18-11(8)21-10/h4-5H,3,6,17H2,1-2H3. The fourth-order valence-electron chi connectivity index (χ4n) is 2.05. The van der Waals surface area contributed by atoms with Crippen LogP contribution in [-0.4, -0.2) is 35.1 Å². The average Bonchev–Trinajstić information content (AvgIpc) is 2.73. The Bertz CT molecular complexity index is 681. The van der Waals surface area contributed by atoms with Crippen molar-refractivity contribution < 1.29 is 18.0 Å². The highest BCUT2D eigenvalue weighted by Gasteiger charge is 2.34. The van der Waals surface area contributed by atoms with Crippen molar-refractivity contribution in [2.45, 2.75) is 20.0 Å². The van der Waals surface area contributed by atoms with Gasteiger partial charge in [-0.25, -0.2) is 4.98 Å². The second-order valence-electron chi connectivity index (χ2n) is 4.59. The number of rotatable bonds is 3. The summed E-state index contributed by atoms with van der Waals surface area (Å²) < 4.78 is 37.5. The highest BCUT2D eigenvalue weighted by atomic mass is 32.1. The Hall–Kier alpha value is -1.83. The first-order valence-corrected chi connectivity index (χ1v) is 7.06. The number of nitrogens with two attached hydrogens (primary N) is 1. The van der Waals surface area contributed by atoms with Crippen LogP contribution < -0.4 is 5.73 Å². The van der Waals surface area contributed by atoms with E-state index in [2.05, 4.69) is 4.98 Å². The molecule has 0 saturated carbocycles. The minimum Gasteiger partial charge on any atom is -0.397 e. The number of pyridine rings is 1. The fourth-order valence-corrected chi connectivity index (χ4v) is 3.16. The summed E-state index contributed by atoms with van der Waals surface area (Å²) in [6.45, 7) is 1.98. The van der Waals surface area contributed by atoms with E-state index in [9.17, 15) is 18.0 Å². The molecule has 1 amide bonds. The van der Waals surface area contributed by atoms with Crippen molar-refractivity contribution in [3.63, 3.8) is 0 Å². The maximum Gasteiger partial charge on any atom is 0.406 e. The monoisotopic (exact) mass is 317 g/mol. The second-order valence-corrected chi connectivity index (χ2v) is 5.59. The van der Waals surface area contributed by atoms with Crippen molar-refractivity contribution in [3.05, 3.63) is 22.7 Å². The number of fused-ring (bicyclic) bond motifs is 1. The SMILES string of the molecule is CCN(CC(F)(F)F)C(=O)c1sc2nccc(C)c2c1N. The van der Waals surface area contributed by atoms with Gasteiger partial charge in [0.05, 0.1) is 5.69 Å². The molecule has 0 fully saturated rings. The summed E-state index contributed by atoms with van der Waals surface area (Å²) in [5, 5.41) is 0.633. The Balaban J connectivity index is 2.43. The van der Waals surface area contributed by atoms with Crippen LogP contribution in [-0.2, 0) is 0 Å². The minimum absolute atomic E-state index is 0.0432. The normalized spacial score (nSPS) is 11.9. The number of nitrogens with zero attached hydrogens (tertiary/aromatic N) is 2. The lowest BCUT2D eigenvalue weighted by Gasteiger charge is -2.21. The van der Waals surface area contributed by atoms with Gasteiger partial charge in [0.15, 0.2) is 0 Å². The summed E-state index contributed by atoms with van der Waals surface area (Å²) in [6.07, 6.45) is -2.86. The molecule has 114 valence electrons. The van der Waals surface area contributed by atoms with Gasteiger partial charge in [-0.05, 0) is 25.5 Å². The lowest BCUT2D eigenvalue weighted by atomic mass is 10.1. The number of carbonyl (C=O) groups excluding carboxylic acids is 1. The molecular weight excluding hydrogens is 303 g/mol. The molecule has 0 bridgehead atoms. The van der Waals surface area contributed by atoms with Crippen LogP contribution in [0, 0.1) is 6.92 Å². The molecule has 21 heavy (non-hydrogen) atoms. The Kier molecular flexibility index (Phi) is 4.08. The summed E-state index contributed by atoms with van der Waals surface area (Å²) in [5.41, 5.74) is 6.98. The number of thiophene rings is 1. The molecule has 2 aromatic rings. The topological polar surface area (TPSA) is 59.2 Å². The van der Waals surface area contributed by atoms with Crippen molar-refractivity contribution in [1.82, 2.24) is 9.88 Å². The molecule has 2 heterocycles. The number of aryl methyl sites for hydroxylation is 1. The molecule has 0 spiro atoms. The predicted octanol–water partition coefficient (Wildman–Crippen LogP) is 3.21. The Labute approximate surface area is 123 Å². The highest BCUT2D eigenvalue weighted by molar-refractivity contribution is 7.21. The first kappa shape index (κ1) is 15.6. The summed E-state index contributed by atoms with van der Waals surface area (Å²) in [7, 11) is 0. The second kappa shape index (κ2) is 5.51. The van der Waals surface area contributed by atoms with Crippen LogP contribution in [0.3, 0.4) is 0 Å². The molecule has 0 atom stereocenters. The first-order valence-electron chi connectivity index (χ1n) is 6.24. The van der Waals surface area contributed by atoms with E-state index in [1.807, 2.05) is 6.92 Å². The van der Waals surface area contributed by atoms with Crippen LogP contribution in [0.15, 0.2) is 12.3 Å². The van der Waals surface area contributed by atoms with Crippen LogP contribution in [0.25, 0.3) is 10.2 Å². The molecule has 0 aliphatic heterocycles. The van der Waals surface area contributed by atoms with E-state index in [1.165, 1.54) is 6.92 Å². The van der Waals surface area contributed by atoms with Crippen LogP contribution in [0.4, 0.5) is 18.9 Å². The molecule has 2 rings (SSSR count). The Morgan fingerprint density at radius 3 is 2.67 bits per heavy atom.